The number of fused-ring (bicyclic) bond motifs is 1. The number of H-pyrrole nitrogens is 1. The van der Waals surface area contributed by atoms with Crippen LogP contribution >= 0.6 is 11.6 Å². The topological polar surface area (TPSA) is 122 Å². The number of anilines is 1. The molecule has 0 spiro atoms. The smallest absolute Gasteiger partial charge is 0.135 e. The summed E-state index contributed by atoms with van der Waals surface area (Å²) in [6.07, 6.45) is 8.23. The van der Waals surface area contributed by atoms with Crippen molar-refractivity contribution in [2.45, 2.75) is 51.1 Å². The number of amidine groups is 1. The minimum absolute atomic E-state index is 0.160. The third-order valence-corrected chi connectivity index (χ3v) is 6.76. The molecule has 4 aromatic rings. The third-order valence-electron chi connectivity index (χ3n) is 6.44. The van der Waals surface area contributed by atoms with Crippen molar-refractivity contribution in [1.29, 1.82) is 0 Å². The summed E-state index contributed by atoms with van der Waals surface area (Å²) in [6, 6.07) is 6.41. The number of nitrogens with two attached hydrogens (primary N) is 2. The Morgan fingerprint density at radius 3 is 2.86 bits per heavy atom. The standard InChI is InChI=1S/C25H28ClFN8/c1-13(2)23-18(10-30-34-23)14-7-22-24(32-17-5-4-16(28)9-17)19(11-31-35(22)12-14)25(29)33-21-8-15(27)3-6-20(21)26/h3,6-8,10-13,16-17,32H,4-5,9,28H2,1-2H3,(H2,29,33)(H,30,34)/t16-,17+/m0/s1. The van der Waals surface area contributed by atoms with Gasteiger partial charge >= 0.3 is 0 Å². The van der Waals surface area contributed by atoms with Gasteiger partial charge in [-0.3, -0.25) is 5.10 Å². The molecule has 3 aromatic heterocycles. The second kappa shape index (κ2) is 9.31. The Kier molecular flexibility index (Phi) is 6.21. The van der Waals surface area contributed by atoms with E-state index in [1.165, 1.54) is 18.2 Å². The summed E-state index contributed by atoms with van der Waals surface area (Å²) in [4.78, 5) is 4.43. The van der Waals surface area contributed by atoms with Crippen LogP contribution in [0.5, 0.6) is 0 Å². The molecule has 0 unspecified atom stereocenters. The molecule has 182 valence electrons. The van der Waals surface area contributed by atoms with Crippen molar-refractivity contribution in [3.63, 3.8) is 0 Å². The molecule has 35 heavy (non-hydrogen) atoms. The maximum absolute atomic E-state index is 13.8. The molecule has 0 bridgehead atoms. The number of rotatable bonds is 6. The van der Waals surface area contributed by atoms with Gasteiger partial charge in [-0.05, 0) is 43.4 Å². The maximum Gasteiger partial charge on any atom is 0.135 e. The molecule has 1 aliphatic carbocycles. The quantitative estimate of drug-likeness (QED) is 0.222. The Balaban J connectivity index is 1.64. The zero-order valence-electron chi connectivity index (χ0n) is 19.6. The van der Waals surface area contributed by atoms with Gasteiger partial charge < -0.3 is 16.8 Å². The van der Waals surface area contributed by atoms with Gasteiger partial charge in [-0.1, -0.05) is 25.4 Å². The lowest BCUT2D eigenvalue weighted by Crippen LogP contribution is -2.24. The number of nitrogens with one attached hydrogen (secondary N) is 2. The highest BCUT2D eigenvalue weighted by Gasteiger charge is 2.25. The fourth-order valence-electron chi connectivity index (χ4n) is 4.63. The SMILES string of the molecule is CC(C)c1[nH]ncc1-c1cc2c(N[C@@H]3CC[C@H](N)C3)c(C(N)=Nc3cc(F)ccc3Cl)cnn2c1. The van der Waals surface area contributed by atoms with Crippen molar-refractivity contribution >= 4 is 34.3 Å². The lowest BCUT2D eigenvalue weighted by Gasteiger charge is -2.18. The predicted molar refractivity (Wildman–Crippen MR) is 138 cm³/mol. The van der Waals surface area contributed by atoms with Crippen molar-refractivity contribution in [3.05, 3.63) is 65.0 Å². The van der Waals surface area contributed by atoms with Crippen molar-refractivity contribution in [3.8, 4) is 11.1 Å². The first-order chi connectivity index (χ1) is 16.8. The lowest BCUT2D eigenvalue weighted by atomic mass is 10.0. The summed E-state index contributed by atoms with van der Waals surface area (Å²) < 4.78 is 15.6. The van der Waals surface area contributed by atoms with Crippen LogP contribution in [0.4, 0.5) is 15.8 Å². The van der Waals surface area contributed by atoms with Crippen molar-refractivity contribution in [1.82, 2.24) is 19.8 Å². The van der Waals surface area contributed by atoms with E-state index in [-0.39, 0.29) is 29.5 Å². The fraction of sp³-hybridized carbons (Fsp3) is 0.320. The summed E-state index contributed by atoms with van der Waals surface area (Å²) in [5.41, 5.74) is 18.2. The average Bonchev–Trinajstić information content (AvgIpc) is 3.55. The molecule has 10 heteroatoms. The van der Waals surface area contributed by atoms with Crippen LogP contribution in [0.2, 0.25) is 5.02 Å². The first-order valence-electron chi connectivity index (χ1n) is 11.7. The molecule has 6 N–H and O–H groups in total. The molecule has 1 aromatic carbocycles. The molecule has 0 radical (unpaired) electrons. The van der Waals surface area contributed by atoms with E-state index < -0.39 is 5.82 Å². The van der Waals surface area contributed by atoms with E-state index in [9.17, 15) is 4.39 Å². The lowest BCUT2D eigenvalue weighted by molar-refractivity contribution is 0.628. The van der Waals surface area contributed by atoms with Crippen LogP contribution in [0.15, 0.2) is 47.8 Å². The van der Waals surface area contributed by atoms with Gasteiger partial charge in [-0.15, -0.1) is 0 Å². The summed E-state index contributed by atoms with van der Waals surface area (Å²) in [5, 5.41) is 15.9. The second-order valence-corrected chi connectivity index (χ2v) is 9.76. The molecule has 8 nitrogen and oxygen atoms in total. The summed E-state index contributed by atoms with van der Waals surface area (Å²) in [6.45, 7) is 4.24. The third kappa shape index (κ3) is 4.61. The minimum atomic E-state index is -0.440. The molecule has 2 atom stereocenters. The Hall–Kier alpha value is -3.43. The van der Waals surface area contributed by atoms with Gasteiger partial charge in [0.25, 0.3) is 0 Å². The molecule has 1 fully saturated rings. The normalized spacial score (nSPS) is 18.6. The van der Waals surface area contributed by atoms with Crippen molar-refractivity contribution in [2.75, 3.05) is 5.32 Å². The molecule has 5 rings (SSSR count). The Labute approximate surface area is 207 Å². The van der Waals surface area contributed by atoms with E-state index in [0.29, 0.717) is 10.6 Å². The van der Waals surface area contributed by atoms with Gasteiger partial charge in [0.1, 0.15) is 11.7 Å². The summed E-state index contributed by atoms with van der Waals surface area (Å²) in [5.74, 6) is 0.0340. The summed E-state index contributed by atoms with van der Waals surface area (Å²) >= 11 is 6.23. The Morgan fingerprint density at radius 2 is 2.11 bits per heavy atom. The minimum Gasteiger partial charge on any atom is -0.383 e. The fourth-order valence-corrected chi connectivity index (χ4v) is 4.79. The van der Waals surface area contributed by atoms with Gasteiger partial charge in [0.2, 0.25) is 0 Å². The van der Waals surface area contributed by atoms with Crippen LogP contribution in [0, 0.1) is 5.82 Å². The number of nitrogens with zero attached hydrogens (tertiary/aromatic N) is 4. The van der Waals surface area contributed by atoms with Crippen LogP contribution in [-0.2, 0) is 0 Å². The molecule has 3 heterocycles. The largest absolute Gasteiger partial charge is 0.383 e. The maximum atomic E-state index is 13.8. The number of aromatic amines is 1. The zero-order chi connectivity index (χ0) is 24.7. The van der Waals surface area contributed by atoms with Crippen LogP contribution in [-0.4, -0.2) is 37.7 Å². The molecule has 0 aliphatic heterocycles. The number of halogens is 2. The van der Waals surface area contributed by atoms with Crippen LogP contribution in [0.1, 0.15) is 50.3 Å². The molecule has 1 saturated carbocycles. The van der Waals surface area contributed by atoms with E-state index >= 15 is 0 Å². The van der Waals surface area contributed by atoms with E-state index in [4.69, 9.17) is 23.1 Å². The number of aliphatic imine (C=N–C) groups is 1. The van der Waals surface area contributed by atoms with Gasteiger partial charge in [0.05, 0.1) is 39.9 Å². The van der Waals surface area contributed by atoms with Gasteiger partial charge in [-0.25, -0.2) is 13.9 Å². The average molecular weight is 495 g/mol. The van der Waals surface area contributed by atoms with Gasteiger partial charge in [0.15, 0.2) is 0 Å². The molecule has 0 saturated heterocycles. The number of hydrogen-bond acceptors (Lipinski definition) is 5. The number of hydrogen-bond donors (Lipinski definition) is 4. The van der Waals surface area contributed by atoms with Gasteiger partial charge in [-0.2, -0.15) is 10.2 Å². The highest BCUT2D eigenvalue weighted by Crippen LogP contribution is 2.34. The van der Waals surface area contributed by atoms with Crippen LogP contribution < -0.4 is 16.8 Å². The monoisotopic (exact) mass is 494 g/mol. The van der Waals surface area contributed by atoms with E-state index in [1.807, 2.05) is 16.9 Å². The first-order valence-corrected chi connectivity index (χ1v) is 12.0. The van der Waals surface area contributed by atoms with E-state index in [2.05, 4.69) is 45.5 Å². The summed E-state index contributed by atoms with van der Waals surface area (Å²) in [7, 11) is 0. The van der Waals surface area contributed by atoms with Crippen LogP contribution in [0.25, 0.3) is 16.6 Å². The highest BCUT2D eigenvalue weighted by atomic mass is 35.5. The second-order valence-electron chi connectivity index (χ2n) is 9.35. The zero-order valence-corrected chi connectivity index (χ0v) is 20.4. The van der Waals surface area contributed by atoms with Gasteiger partial charge in [0, 0.05) is 41.2 Å². The molecule has 1 aliphatic rings. The van der Waals surface area contributed by atoms with E-state index in [0.717, 1.165) is 47.3 Å². The molecule has 0 amide bonds. The van der Waals surface area contributed by atoms with Crippen LogP contribution in [0.3, 0.4) is 0 Å². The molecular formula is C25H28ClFN8. The Bertz CT molecular complexity index is 1410. The highest BCUT2D eigenvalue weighted by molar-refractivity contribution is 6.33. The van der Waals surface area contributed by atoms with Crippen molar-refractivity contribution < 1.29 is 4.39 Å². The van der Waals surface area contributed by atoms with Crippen molar-refractivity contribution in [2.24, 2.45) is 16.5 Å². The Morgan fingerprint density at radius 1 is 1.29 bits per heavy atom. The first kappa shape index (κ1) is 23.3. The molecular weight excluding hydrogens is 467 g/mol. The number of benzene rings is 1. The van der Waals surface area contributed by atoms with E-state index in [1.54, 1.807) is 6.20 Å². The number of aromatic nitrogens is 4. The predicted octanol–water partition coefficient (Wildman–Crippen LogP) is 4.97.